The van der Waals surface area contributed by atoms with Gasteiger partial charge in [-0.05, 0) is 32.9 Å². The van der Waals surface area contributed by atoms with Gasteiger partial charge in [-0.15, -0.1) is 0 Å². The SMILES string of the molecule is CCCCC(NCCN(C)C(C)C)c1ccccc1. The van der Waals surface area contributed by atoms with Gasteiger partial charge in [0, 0.05) is 25.2 Å². The second-order valence-electron chi connectivity index (χ2n) is 5.63. The Kier molecular flexibility index (Phi) is 7.76. The lowest BCUT2D eigenvalue weighted by atomic mass is 10.0. The van der Waals surface area contributed by atoms with Gasteiger partial charge in [-0.3, -0.25) is 0 Å². The van der Waals surface area contributed by atoms with Crippen LogP contribution in [0.4, 0.5) is 0 Å². The Bertz CT molecular complexity index is 321. The van der Waals surface area contributed by atoms with Gasteiger partial charge < -0.3 is 10.2 Å². The molecule has 0 aliphatic heterocycles. The third kappa shape index (κ3) is 6.22. The molecule has 0 bridgehead atoms. The normalized spacial score (nSPS) is 13.2. The van der Waals surface area contributed by atoms with Gasteiger partial charge in [-0.25, -0.2) is 0 Å². The van der Waals surface area contributed by atoms with Gasteiger partial charge in [0.1, 0.15) is 0 Å². The summed E-state index contributed by atoms with van der Waals surface area (Å²) in [5.41, 5.74) is 1.42. The molecule has 0 aliphatic rings. The Balaban J connectivity index is 2.46. The summed E-state index contributed by atoms with van der Waals surface area (Å²) in [4.78, 5) is 2.38. The summed E-state index contributed by atoms with van der Waals surface area (Å²) in [7, 11) is 2.19. The second-order valence-corrected chi connectivity index (χ2v) is 5.63. The third-order valence-corrected chi connectivity index (χ3v) is 3.79. The molecule has 1 rings (SSSR count). The highest BCUT2D eigenvalue weighted by Crippen LogP contribution is 2.18. The van der Waals surface area contributed by atoms with Crippen molar-refractivity contribution in [1.82, 2.24) is 10.2 Å². The molecule has 1 aromatic carbocycles. The minimum Gasteiger partial charge on any atom is -0.309 e. The molecular weight excluding hydrogens is 232 g/mol. The van der Waals surface area contributed by atoms with Gasteiger partial charge in [0.2, 0.25) is 0 Å². The summed E-state index contributed by atoms with van der Waals surface area (Å²) in [5.74, 6) is 0. The predicted molar refractivity (Wildman–Crippen MR) is 84.5 cm³/mol. The zero-order chi connectivity index (χ0) is 14.1. The van der Waals surface area contributed by atoms with Crippen LogP contribution in [-0.2, 0) is 0 Å². The molecule has 0 spiro atoms. The first-order valence-corrected chi connectivity index (χ1v) is 7.63. The van der Waals surface area contributed by atoms with E-state index in [1.165, 1.54) is 24.8 Å². The first-order chi connectivity index (χ1) is 9.15. The second kappa shape index (κ2) is 9.11. The van der Waals surface area contributed by atoms with Crippen LogP contribution in [0.2, 0.25) is 0 Å². The maximum absolute atomic E-state index is 3.71. The Hall–Kier alpha value is -0.860. The summed E-state index contributed by atoms with van der Waals surface area (Å²) < 4.78 is 0. The van der Waals surface area contributed by atoms with Crippen molar-refractivity contribution in [3.8, 4) is 0 Å². The lowest BCUT2D eigenvalue weighted by molar-refractivity contribution is 0.267. The van der Waals surface area contributed by atoms with E-state index in [2.05, 4.69) is 68.4 Å². The van der Waals surface area contributed by atoms with Gasteiger partial charge in [0.15, 0.2) is 0 Å². The molecule has 0 aromatic heterocycles. The van der Waals surface area contributed by atoms with Crippen LogP contribution in [0.25, 0.3) is 0 Å². The lowest BCUT2D eigenvalue weighted by Crippen LogP contribution is -2.35. The smallest absolute Gasteiger partial charge is 0.0320 e. The number of rotatable bonds is 9. The molecule has 0 saturated heterocycles. The Morgan fingerprint density at radius 2 is 1.84 bits per heavy atom. The maximum atomic E-state index is 3.71. The first-order valence-electron chi connectivity index (χ1n) is 7.63. The summed E-state index contributed by atoms with van der Waals surface area (Å²) in [5, 5.41) is 3.71. The highest BCUT2D eigenvalue weighted by Gasteiger charge is 2.10. The molecule has 2 nitrogen and oxygen atoms in total. The van der Waals surface area contributed by atoms with Gasteiger partial charge in [-0.1, -0.05) is 50.1 Å². The van der Waals surface area contributed by atoms with E-state index >= 15 is 0 Å². The van der Waals surface area contributed by atoms with E-state index in [1.807, 2.05) is 0 Å². The Labute approximate surface area is 119 Å². The molecule has 0 radical (unpaired) electrons. The van der Waals surface area contributed by atoms with Crippen molar-refractivity contribution in [2.24, 2.45) is 0 Å². The summed E-state index contributed by atoms with van der Waals surface area (Å²) in [6.45, 7) is 8.90. The molecule has 0 heterocycles. The number of benzene rings is 1. The molecule has 1 aromatic rings. The standard InChI is InChI=1S/C17H30N2/c1-5-6-12-17(16-10-8-7-9-11-16)18-13-14-19(4)15(2)3/h7-11,15,17-18H,5-6,12-14H2,1-4H3. The molecule has 0 fully saturated rings. The van der Waals surface area contributed by atoms with E-state index in [9.17, 15) is 0 Å². The van der Waals surface area contributed by atoms with Crippen LogP contribution in [0.1, 0.15) is 51.6 Å². The largest absolute Gasteiger partial charge is 0.309 e. The monoisotopic (exact) mass is 262 g/mol. The minimum atomic E-state index is 0.502. The Morgan fingerprint density at radius 3 is 2.42 bits per heavy atom. The molecule has 0 saturated carbocycles. The zero-order valence-corrected chi connectivity index (χ0v) is 13.0. The molecule has 0 amide bonds. The average Bonchev–Trinajstić information content (AvgIpc) is 2.43. The molecular formula is C17H30N2. The molecule has 108 valence electrons. The van der Waals surface area contributed by atoms with Crippen molar-refractivity contribution >= 4 is 0 Å². The fourth-order valence-electron chi connectivity index (χ4n) is 2.15. The van der Waals surface area contributed by atoms with Gasteiger partial charge in [0.25, 0.3) is 0 Å². The Morgan fingerprint density at radius 1 is 1.16 bits per heavy atom. The zero-order valence-electron chi connectivity index (χ0n) is 13.0. The van der Waals surface area contributed by atoms with Crippen LogP contribution in [0, 0.1) is 0 Å². The van der Waals surface area contributed by atoms with Crippen LogP contribution in [0.5, 0.6) is 0 Å². The van der Waals surface area contributed by atoms with Crippen molar-refractivity contribution in [2.45, 2.75) is 52.1 Å². The number of likely N-dealkylation sites (N-methyl/N-ethyl adjacent to an activating group) is 1. The van der Waals surface area contributed by atoms with E-state index in [0.717, 1.165) is 13.1 Å². The van der Waals surface area contributed by atoms with Crippen LogP contribution in [0.15, 0.2) is 30.3 Å². The number of unbranched alkanes of at least 4 members (excludes halogenated alkanes) is 1. The van der Waals surface area contributed by atoms with E-state index < -0.39 is 0 Å². The number of nitrogens with one attached hydrogen (secondary N) is 1. The van der Waals surface area contributed by atoms with Crippen molar-refractivity contribution < 1.29 is 0 Å². The minimum absolute atomic E-state index is 0.502. The van der Waals surface area contributed by atoms with Crippen molar-refractivity contribution in [3.63, 3.8) is 0 Å². The first kappa shape index (κ1) is 16.2. The van der Waals surface area contributed by atoms with Crippen LogP contribution < -0.4 is 5.32 Å². The van der Waals surface area contributed by atoms with E-state index in [4.69, 9.17) is 0 Å². The number of nitrogens with zero attached hydrogens (tertiary/aromatic N) is 1. The summed E-state index contributed by atoms with van der Waals surface area (Å²) >= 11 is 0. The van der Waals surface area contributed by atoms with Gasteiger partial charge >= 0.3 is 0 Å². The molecule has 1 unspecified atom stereocenters. The van der Waals surface area contributed by atoms with Crippen LogP contribution in [0.3, 0.4) is 0 Å². The summed E-state index contributed by atoms with van der Waals surface area (Å²) in [6, 6.07) is 12.0. The number of hydrogen-bond donors (Lipinski definition) is 1. The average molecular weight is 262 g/mol. The fourth-order valence-corrected chi connectivity index (χ4v) is 2.15. The van der Waals surface area contributed by atoms with Gasteiger partial charge in [-0.2, -0.15) is 0 Å². The predicted octanol–water partition coefficient (Wildman–Crippen LogP) is 3.85. The van der Waals surface area contributed by atoms with E-state index in [-0.39, 0.29) is 0 Å². The lowest BCUT2D eigenvalue weighted by Gasteiger charge is -2.24. The molecule has 1 N–H and O–H groups in total. The quantitative estimate of drug-likeness (QED) is 0.727. The molecule has 1 atom stereocenters. The van der Waals surface area contributed by atoms with Gasteiger partial charge in [0.05, 0.1) is 0 Å². The highest BCUT2D eigenvalue weighted by atomic mass is 15.1. The third-order valence-electron chi connectivity index (χ3n) is 3.79. The molecule has 19 heavy (non-hydrogen) atoms. The topological polar surface area (TPSA) is 15.3 Å². The van der Waals surface area contributed by atoms with Crippen molar-refractivity contribution in [1.29, 1.82) is 0 Å². The van der Waals surface area contributed by atoms with E-state index in [0.29, 0.717) is 12.1 Å². The number of hydrogen-bond acceptors (Lipinski definition) is 2. The fraction of sp³-hybridized carbons (Fsp3) is 0.647. The molecule has 0 aliphatic carbocycles. The summed E-state index contributed by atoms with van der Waals surface area (Å²) in [6.07, 6.45) is 3.77. The maximum Gasteiger partial charge on any atom is 0.0320 e. The van der Waals surface area contributed by atoms with Crippen LogP contribution in [-0.4, -0.2) is 31.1 Å². The van der Waals surface area contributed by atoms with Crippen LogP contribution >= 0.6 is 0 Å². The van der Waals surface area contributed by atoms with E-state index in [1.54, 1.807) is 0 Å². The highest BCUT2D eigenvalue weighted by molar-refractivity contribution is 5.18. The molecule has 2 heteroatoms. The van der Waals surface area contributed by atoms with Crippen molar-refractivity contribution in [2.75, 3.05) is 20.1 Å². The van der Waals surface area contributed by atoms with Crippen molar-refractivity contribution in [3.05, 3.63) is 35.9 Å².